The van der Waals surface area contributed by atoms with Crippen molar-refractivity contribution in [2.45, 2.75) is 13.0 Å². The minimum atomic E-state index is -0.514. The number of carbonyl (C=O) groups excluding carboxylic acids is 2. The van der Waals surface area contributed by atoms with Crippen LogP contribution in [0.25, 0.3) is 0 Å². The summed E-state index contributed by atoms with van der Waals surface area (Å²) in [6.45, 7) is 1.49. The highest BCUT2D eigenvalue weighted by Gasteiger charge is 2.11. The van der Waals surface area contributed by atoms with E-state index in [1.807, 2.05) is 6.26 Å². The largest absolute Gasteiger partial charge is 0.348 e. The lowest BCUT2D eigenvalue weighted by Gasteiger charge is -2.08. The van der Waals surface area contributed by atoms with E-state index in [1.54, 1.807) is 0 Å². The third-order valence-corrected chi connectivity index (χ3v) is 1.89. The van der Waals surface area contributed by atoms with Crippen LogP contribution >= 0.6 is 11.8 Å². The monoisotopic (exact) mass is 190 g/mol. The molecule has 0 rings (SSSR count). The number of nitrogens with two attached hydrogens (primary N) is 1. The zero-order chi connectivity index (χ0) is 9.56. The summed E-state index contributed by atoms with van der Waals surface area (Å²) < 4.78 is 0. The van der Waals surface area contributed by atoms with E-state index in [9.17, 15) is 9.59 Å². The van der Waals surface area contributed by atoms with Gasteiger partial charge in [-0.15, -0.1) is 0 Å². The predicted octanol–water partition coefficient (Wildman–Crippen LogP) is -0.618. The van der Waals surface area contributed by atoms with Crippen LogP contribution in [0.2, 0.25) is 0 Å². The third-order valence-electron chi connectivity index (χ3n) is 1.19. The quantitative estimate of drug-likeness (QED) is 0.606. The Hall–Kier alpha value is -0.550. The standard InChI is InChI=1S/C7H14N2O2S/c1-5(10)3-9-7(11)6(8)4-12-2/h6H,3-4,8H2,1-2H3,(H,9,11). The molecule has 0 aliphatic carbocycles. The van der Waals surface area contributed by atoms with Gasteiger partial charge in [-0.1, -0.05) is 0 Å². The lowest BCUT2D eigenvalue weighted by molar-refractivity contribution is -0.125. The van der Waals surface area contributed by atoms with Gasteiger partial charge in [0.2, 0.25) is 5.91 Å². The second-order valence-electron chi connectivity index (χ2n) is 2.48. The van der Waals surface area contributed by atoms with Gasteiger partial charge in [-0.3, -0.25) is 9.59 Å². The Labute approximate surface area is 76.3 Å². The van der Waals surface area contributed by atoms with Crippen molar-refractivity contribution in [3.63, 3.8) is 0 Å². The maximum atomic E-state index is 11.0. The topological polar surface area (TPSA) is 72.2 Å². The van der Waals surface area contributed by atoms with E-state index in [-0.39, 0.29) is 18.2 Å². The predicted molar refractivity (Wildman–Crippen MR) is 50.0 cm³/mol. The zero-order valence-electron chi connectivity index (χ0n) is 7.29. The van der Waals surface area contributed by atoms with E-state index in [2.05, 4.69) is 5.32 Å². The first kappa shape index (κ1) is 11.4. The van der Waals surface area contributed by atoms with Crippen molar-refractivity contribution in [1.29, 1.82) is 0 Å². The number of nitrogens with one attached hydrogen (secondary N) is 1. The van der Waals surface area contributed by atoms with Gasteiger partial charge in [-0.25, -0.2) is 0 Å². The first-order valence-electron chi connectivity index (χ1n) is 3.59. The van der Waals surface area contributed by atoms with Crippen LogP contribution in [0.4, 0.5) is 0 Å². The molecule has 0 bridgehead atoms. The van der Waals surface area contributed by atoms with E-state index in [4.69, 9.17) is 5.73 Å². The average Bonchev–Trinajstić information content (AvgIpc) is 2.00. The Morgan fingerprint density at radius 1 is 1.58 bits per heavy atom. The van der Waals surface area contributed by atoms with Crippen LogP contribution in [0.1, 0.15) is 6.92 Å². The van der Waals surface area contributed by atoms with E-state index >= 15 is 0 Å². The van der Waals surface area contributed by atoms with Gasteiger partial charge in [0, 0.05) is 5.75 Å². The highest BCUT2D eigenvalue weighted by molar-refractivity contribution is 7.98. The normalized spacial score (nSPS) is 12.2. The summed E-state index contributed by atoms with van der Waals surface area (Å²) in [6.07, 6.45) is 1.87. The second-order valence-corrected chi connectivity index (χ2v) is 3.39. The summed E-state index contributed by atoms with van der Waals surface area (Å²) >= 11 is 1.50. The van der Waals surface area contributed by atoms with Gasteiger partial charge < -0.3 is 11.1 Å². The molecule has 0 radical (unpaired) electrons. The SMILES string of the molecule is CSCC(N)C(=O)NCC(C)=O. The maximum absolute atomic E-state index is 11.0. The summed E-state index contributed by atoms with van der Waals surface area (Å²) in [7, 11) is 0. The van der Waals surface area contributed by atoms with Gasteiger partial charge in [-0.05, 0) is 13.2 Å². The smallest absolute Gasteiger partial charge is 0.238 e. The molecule has 0 aliphatic rings. The minimum absolute atomic E-state index is 0.0697. The molecule has 0 saturated heterocycles. The van der Waals surface area contributed by atoms with Gasteiger partial charge in [0.25, 0.3) is 0 Å². The van der Waals surface area contributed by atoms with Crippen molar-refractivity contribution < 1.29 is 9.59 Å². The zero-order valence-corrected chi connectivity index (χ0v) is 8.11. The molecule has 0 aromatic carbocycles. The van der Waals surface area contributed by atoms with Crippen LogP contribution in [-0.2, 0) is 9.59 Å². The molecular formula is C7H14N2O2S. The molecule has 0 aromatic rings. The van der Waals surface area contributed by atoms with E-state index < -0.39 is 6.04 Å². The van der Waals surface area contributed by atoms with E-state index in [0.717, 1.165) is 0 Å². The number of rotatable bonds is 5. The van der Waals surface area contributed by atoms with Crippen LogP contribution in [0.5, 0.6) is 0 Å². The minimum Gasteiger partial charge on any atom is -0.348 e. The molecule has 5 heteroatoms. The van der Waals surface area contributed by atoms with Crippen molar-refractivity contribution in [3.05, 3.63) is 0 Å². The molecule has 0 spiro atoms. The van der Waals surface area contributed by atoms with Crippen molar-refractivity contribution >= 4 is 23.5 Å². The van der Waals surface area contributed by atoms with Crippen molar-refractivity contribution in [1.82, 2.24) is 5.32 Å². The van der Waals surface area contributed by atoms with Crippen LogP contribution < -0.4 is 11.1 Å². The number of amides is 1. The van der Waals surface area contributed by atoms with Crippen LogP contribution in [0, 0.1) is 0 Å². The van der Waals surface area contributed by atoms with Crippen LogP contribution in [0.15, 0.2) is 0 Å². The Kier molecular flexibility index (Phi) is 5.74. The molecule has 0 heterocycles. The maximum Gasteiger partial charge on any atom is 0.238 e. The van der Waals surface area contributed by atoms with Gasteiger partial charge in [-0.2, -0.15) is 11.8 Å². The molecule has 1 unspecified atom stereocenters. The Morgan fingerprint density at radius 3 is 2.58 bits per heavy atom. The summed E-state index contributed by atoms with van der Waals surface area (Å²) in [5.74, 6) is 0.239. The molecule has 0 saturated carbocycles. The molecule has 1 amide bonds. The van der Waals surface area contributed by atoms with Gasteiger partial charge in [0.15, 0.2) is 0 Å². The molecule has 0 aromatic heterocycles. The molecule has 1 atom stereocenters. The van der Waals surface area contributed by atoms with Crippen LogP contribution in [0.3, 0.4) is 0 Å². The van der Waals surface area contributed by atoms with Crippen molar-refractivity contribution in [3.8, 4) is 0 Å². The number of hydrogen-bond donors (Lipinski definition) is 2. The summed E-state index contributed by atoms with van der Waals surface area (Å²) in [5.41, 5.74) is 5.47. The Balaban J connectivity index is 3.64. The fraction of sp³-hybridized carbons (Fsp3) is 0.714. The lowest BCUT2D eigenvalue weighted by Crippen LogP contribution is -2.43. The fourth-order valence-corrected chi connectivity index (χ4v) is 1.11. The molecule has 4 nitrogen and oxygen atoms in total. The summed E-state index contributed by atoms with van der Waals surface area (Å²) in [6, 6.07) is -0.514. The molecule has 0 fully saturated rings. The number of hydrogen-bond acceptors (Lipinski definition) is 4. The van der Waals surface area contributed by atoms with E-state index in [1.165, 1.54) is 18.7 Å². The lowest BCUT2D eigenvalue weighted by atomic mass is 10.3. The number of carbonyl (C=O) groups is 2. The fourth-order valence-electron chi connectivity index (χ4n) is 0.598. The highest BCUT2D eigenvalue weighted by atomic mass is 32.2. The molecule has 3 N–H and O–H groups in total. The summed E-state index contributed by atoms with van der Waals surface area (Å²) in [4.78, 5) is 21.5. The first-order chi connectivity index (χ1) is 5.57. The molecule has 0 aliphatic heterocycles. The first-order valence-corrected chi connectivity index (χ1v) is 4.99. The molecule has 12 heavy (non-hydrogen) atoms. The van der Waals surface area contributed by atoms with Gasteiger partial charge in [0.1, 0.15) is 5.78 Å². The third kappa shape index (κ3) is 5.15. The Bertz CT molecular complexity index is 173. The summed E-state index contributed by atoms with van der Waals surface area (Å²) in [5, 5.41) is 2.44. The van der Waals surface area contributed by atoms with Crippen molar-refractivity contribution in [2.75, 3.05) is 18.6 Å². The van der Waals surface area contributed by atoms with Crippen molar-refractivity contribution in [2.24, 2.45) is 5.73 Å². The number of thioether (sulfide) groups is 1. The van der Waals surface area contributed by atoms with Crippen LogP contribution in [-0.4, -0.2) is 36.3 Å². The van der Waals surface area contributed by atoms with Gasteiger partial charge in [0.05, 0.1) is 12.6 Å². The highest BCUT2D eigenvalue weighted by Crippen LogP contribution is 1.93. The average molecular weight is 190 g/mol. The molecular weight excluding hydrogens is 176 g/mol. The van der Waals surface area contributed by atoms with Gasteiger partial charge >= 0.3 is 0 Å². The number of ketones is 1. The second kappa shape index (κ2) is 6.02. The number of Topliss-reactive ketones (excluding diaryl/α,β-unsaturated/α-hetero) is 1. The van der Waals surface area contributed by atoms with E-state index in [0.29, 0.717) is 5.75 Å². The Morgan fingerprint density at radius 2 is 2.17 bits per heavy atom. The molecule has 70 valence electrons.